The fraction of sp³-hybridized carbons (Fsp3) is 0.300. The molecule has 0 saturated heterocycles. The first-order valence-electron chi connectivity index (χ1n) is 4.70. The number of hydrogen-bond acceptors (Lipinski definition) is 4. The van der Waals surface area contributed by atoms with E-state index in [1.165, 1.54) is 5.01 Å². The number of aromatic nitrogens is 1. The number of rotatable bonds is 1. The van der Waals surface area contributed by atoms with Crippen LogP contribution in [-0.2, 0) is 4.79 Å². The number of nitrogens with zero attached hydrogens (tertiary/aromatic N) is 3. The molecule has 0 unspecified atom stereocenters. The predicted molar refractivity (Wildman–Crippen MR) is 58.4 cm³/mol. The minimum Gasteiger partial charge on any atom is -0.399 e. The molecule has 0 bridgehead atoms. The van der Waals surface area contributed by atoms with Crippen molar-refractivity contribution in [3.63, 3.8) is 0 Å². The van der Waals surface area contributed by atoms with E-state index in [9.17, 15) is 4.79 Å². The molecule has 1 aliphatic rings. The van der Waals surface area contributed by atoms with Crippen molar-refractivity contribution in [1.29, 1.82) is 0 Å². The number of carbonyl (C=O) groups is 1. The third kappa shape index (κ3) is 1.56. The number of hydrogen-bond donors (Lipinski definition) is 1. The number of amides is 1. The molecule has 1 aliphatic heterocycles. The molecule has 0 fully saturated rings. The van der Waals surface area contributed by atoms with Crippen molar-refractivity contribution in [3.05, 3.63) is 18.3 Å². The van der Waals surface area contributed by atoms with Gasteiger partial charge in [-0.15, -0.1) is 0 Å². The first-order chi connectivity index (χ1) is 7.09. The van der Waals surface area contributed by atoms with Gasteiger partial charge in [-0.2, -0.15) is 10.1 Å². The molecule has 2 rings (SSSR count). The number of pyridine rings is 1. The van der Waals surface area contributed by atoms with Gasteiger partial charge in [0.1, 0.15) is 0 Å². The number of anilines is 2. The van der Waals surface area contributed by atoms with Crippen molar-refractivity contribution in [2.45, 2.75) is 13.8 Å². The van der Waals surface area contributed by atoms with Gasteiger partial charge in [-0.05, 0) is 19.9 Å². The summed E-state index contributed by atoms with van der Waals surface area (Å²) >= 11 is 0. The normalized spacial score (nSPS) is 20.7. The van der Waals surface area contributed by atoms with E-state index in [1.54, 1.807) is 18.3 Å². The van der Waals surface area contributed by atoms with Crippen LogP contribution in [-0.4, -0.2) is 16.6 Å². The van der Waals surface area contributed by atoms with Crippen molar-refractivity contribution >= 4 is 23.1 Å². The highest BCUT2D eigenvalue weighted by Crippen LogP contribution is 2.22. The molecule has 1 aromatic heterocycles. The zero-order chi connectivity index (χ0) is 11.0. The van der Waals surface area contributed by atoms with Crippen LogP contribution in [0, 0.1) is 5.92 Å². The molecular weight excluding hydrogens is 192 g/mol. The topological polar surface area (TPSA) is 71.6 Å². The molecule has 15 heavy (non-hydrogen) atoms. The summed E-state index contributed by atoms with van der Waals surface area (Å²) in [6.45, 7) is 3.66. The largest absolute Gasteiger partial charge is 0.399 e. The third-order valence-electron chi connectivity index (χ3n) is 2.45. The smallest absolute Gasteiger partial charge is 0.257 e. The Kier molecular flexibility index (Phi) is 2.15. The van der Waals surface area contributed by atoms with Gasteiger partial charge >= 0.3 is 0 Å². The van der Waals surface area contributed by atoms with Crippen molar-refractivity contribution in [2.24, 2.45) is 11.0 Å². The third-order valence-corrected chi connectivity index (χ3v) is 2.45. The Hall–Kier alpha value is -1.91. The Morgan fingerprint density at radius 3 is 2.80 bits per heavy atom. The lowest BCUT2D eigenvalue weighted by Crippen LogP contribution is -2.25. The second-order valence-corrected chi connectivity index (χ2v) is 3.56. The van der Waals surface area contributed by atoms with Crippen LogP contribution in [0.4, 0.5) is 11.5 Å². The van der Waals surface area contributed by atoms with E-state index in [4.69, 9.17) is 5.73 Å². The Balaban J connectivity index is 2.37. The molecule has 2 N–H and O–H groups in total. The monoisotopic (exact) mass is 204 g/mol. The van der Waals surface area contributed by atoms with E-state index in [-0.39, 0.29) is 11.8 Å². The van der Waals surface area contributed by atoms with Gasteiger partial charge in [-0.3, -0.25) is 4.79 Å². The SMILES string of the molecule is CC1=NN(c2cc(N)ccn2)C(=O)[C@H]1C. The van der Waals surface area contributed by atoms with Crippen LogP contribution in [0.1, 0.15) is 13.8 Å². The lowest BCUT2D eigenvalue weighted by Gasteiger charge is -2.11. The van der Waals surface area contributed by atoms with Crippen molar-refractivity contribution < 1.29 is 4.79 Å². The molecule has 1 atom stereocenters. The molecule has 0 spiro atoms. The second kappa shape index (κ2) is 3.34. The van der Waals surface area contributed by atoms with Gasteiger partial charge in [0.15, 0.2) is 5.82 Å². The van der Waals surface area contributed by atoms with Crippen molar-refractivity contribution in [2.75, 3.05) is 10.7 Å². The Labute approximate surface area is 87.6 Å². The standard InChI is InChI=1S/C10H12N4O/c1-6-7(2)13-14(10(6)15)9-5-8(11)3-4-12-9/h3-6H,1-2H3,(H2,11,12)/t6-/m0/s1. The van der Waals surface area contributed by atoms with E-state index >= 15 is 0 Å². The molecule has 0 radical (unpaired) electrons. The Morgan fingerprint density at radius 2 is 2.27 bits per heavy atom. The zero-order valence-corrected chi connectivity index (χ0v) is 8.64. The molecule has 1 amide bonds. The maximum atomic E-state index is 11.8. The summed E-state index contributed by atoms with van der Waals surface area (Å²) in [4.78, 5) is 15.8. The van der Waals surface area contributed by atoms with E-state index in [0.29, 0.717) is 11.5 Å². The van der Waals surface area contributed by atoms with E-state index < -0.39 is 0 Å². The van der Waals surface area contributed by atoms with Gasteiger partial charge in [-0.1, -0.05) is 0 Å². The maximum absolute atomic E-state index is 11.8. The predicted octanol–water partition coefficient (Wildman–Crippen LogP) is 1.02. The molecule has 2 heterocycles. The van der Waals surface area contributed by atoms with Gasteiger partial charge in [0.25, 0.3) is 5.91 Å². The quantitative estimate of drug-likeness (QED) is 0.742. The maximum Gasteiger partial charge on any atom is 0.257 e. The molecular formula is C10H12N4O. The molecule has 78 valence electrons. The highest BCUT2D eigenvalue weighted by atomic mass is 16.2. The number of nitrogen functional groups attached to an aromatic ring is 1. The average molecular weight is 204 g/mol. The van der Waals surface area contributed by atoms with Crippen LogP contribution in [0.3, 0.4) is 0 Å². The van der Waals surface area contributed by atoms with Gasteiger partial charge in [0.2, 0.25) is 0 Å². The summed E-state index contributed by atoms with van der Waals surface area (Å²) in [5.74, 6) is 0.238. The summed E-state index contributed by atoms with van der Waals surface area (Å²) in [6.07, 6.45) is 1.56. The molecule has 0 saturated carbocycles. The Morgan fingerprint density at radius 1 is 1.53 bits per heavy atom. The first-order valence-corrected chi connectivity index (χ1v) is 4.70. The molecule has 1 aromatic rings. The van der Waals surface area contributed by atoms with Gasteiger partial charge in [-0.25, -0.2) is 4.98 Å². The minimum atomic E-state index is -0.173. The van der Waals surface area contributed by atoms with Gasteiger partial charge in [0.05, 0.1) is 5.92 Å². The number of carbonyl (C=O) groups excluding carboxylic acids is 1. The molecule has 5 nitrogen and oxygen atoms in total. The fourth-order valence-electron chi connectivity index (χ4n) is 1.37. The number of nitrogens with two attached hydrogens (primary N) is 1. The lowest BCUT2D eigenvalue weighted by molar-refractivity contribution is -0.119. The van der Waals surface area contributed by atoms with E-state index in [0.717, 1.165) is 5.71 Å². The van der Waals surface area contributed by atoms with Gasteiger partial charge < -0.3 is 5.73 Å². The minimum absolute atomic E-state index is 0.0643. The molecule has 0 aromatic carbocycles. The zero-order valence-electron chi connectivity index (χ0n) is 8.64. The van der Waals surface area contributed by atoms with Crippen LogP contribution >= 0.6 is 0 Å². The highest BCUT2D eigenvalue weighted by molar-refractivity contribution is 6.14. The van der Waals surface area contributed by atoms with Crippen LogP contribution < -0.4 is 10.7 Å². The summed E-state index contributed by atoms with van der Waals surface area (Å²) in [6, 6.07) is 3.30. The average Bonchev–Trinajstić information content (AvgIpc) is 2.46. The summed E-state index contributed by atoms with van der Waals surface area (Å²) in [7, 11) is 0. The van der Waals surface area contributed by atoms with E-state index in [2.05, 4.69) is 10.1 Å². The first kappa shape index (κ1) is 9.64. The second-order valence-electron chi connectivity index (χ2n) is 3.56. The number of hydrazone groups is 1. The summed E-state index contributed by atoms with van der Waals surface area (Å²) in [5, 5.41) is 5.45. The van der Waals surface area contributed by atoms with Crippen molar-refractivity contribution in [3.8, 4) is 0 Å². The lowest BCUT2D eigenvalue weighted by atomic mass is 10.1. The molecule has 0 aliphatic carbocycles. The van der Waals surface area contributed by atoms with Crippen LogP contribution in [0.5, 0.6) is 0 Å². The van der Waals surface area contributed by atoms with Crippen LogP contribution in [0.15, 0.2) is 23.4 Å². The highest BCUT2D eigenvalue weighted by Gasteiger charge is 2.31. The van der Waals surface area contributed by atoms with Crippen LogP contribution in [0.25, 0.3) is 0 Å². The summed E-state index contributed by atoms with van der Waals surface area (Å²) in [5.41, 5.74) is 6.98. The van der Waals surface area contributed by atoms with Crippen molar-refractivity contribution in [1.82, 2.24) is 4.98 Å². The summed E-state index contributed by atoms with van der Waals surface area (Å²) < 4.78 is 0. The Bertz CT molecular complexity index is 441. The van der Waals surface area contributed by atoms with E-state index in [1.807, 2.05) is 13.8 Å². The van der Waals surface area contributed by atoms with Crippen LogP contribution in [0.2, 0.25) is 0 Å². The van der Waals surface area contributed by atoms with Gasteiger partial charge in [0, 0.05) is 23.7 Å². The molecule has 5 heteroatoms. The fourth-order valence-corrected chi connectivity index (χ4v) is 1.37.